The summed E-state index contributed by atoms with van der Waals surface area (Å²) in [6.45, 7) is 10.1. The van der Waals surface area contributed by atoms with Crippen molar-refractivity contribution in [2.45, 2.75) is 13.8 Å². The SMILES string of the molecule is C=CC(=O)Nc1cccc(Nc2nc(Nc3ccc(N4CCN(C(C)=O)CC4)cc3)nc3n[nH]c(C)c23)c1. The Labute approximate surface area is 220 Å². The minimum atomic E-state index is -0.284. The van der Waals surface area contributed by atoms with Gasteiger partial charge in [-0.25, -0.2) is 0 Å². The largest absolute Gasteiger partial charge is 0.368 e. The van der Waals surface area contributed by atoms with Crippen molar-refractivity contribution in [2.24, 2.45) is 0 Å². The smallest absolute Gasteiger partial charge is 0.247 e. The van der Waals surface area contributed by atoms with Crippen LogP contribution in [-0.2, 0) is 9.59 Å². The van der Waals surface area contributed by atoms with Crippen LogP contribution >= 0.6 is 0 Å². The molecule has 5 rings (SSSR count). The van der Waals surface area contributed by atoms with Crippen LogP contribution in [0.15, 0.2) is 61.2 Å². The average Bonchev–Trinajstić information content (AvgIpc) is 3.30. The van der Waals surface area contributed by atoms with Gasteiger partial charge in [0.15, 0.2) is 5.65 Å². The van der Waals surface area contributed by atoms with Gasteiger partial charge in [0, 0.05) is 61.5 Å². The number of amides is 2. The van der Waals surface area contributed by atoms with E-state index in [9.17, 15) is 9.59 Å². The molecule has 11 nitrogen and oxygen atoms in total. The zero-order chi connectivity index (χ0) is 26.6. The number of anilines is 6. The van der Waals surface area contributed by atoms with Crippen LogP contribution in [0.25, 0.3) is 11.0 Å². The van der Waals surface area contributed by atoms with Crippen LogP contribution < -0.4 is 20.9 Å². The number of benzene rings is 2. The fourth-order valence-corrected chi connectivity index (χ4v) is 4.38. The third-order valence-electron chi connectivity index (χ3n) is 6.39. The van der Waals surface area contributed by atoms with Gasteiger partial charge in [0.05, 0.1) is 5.39 Å². The standard InChI is InChI=1S/C27H29N9O2/c1-4-23(38)28-20-6-5-7-21(16-20)29-25-24-17(2)33-34-26(24)32-27(31-25)30-19-8-10-22(11-9-19)36-14-12-35(13-15-36)18(3)37/h4-11,16H,1,12-15H2,2-3H3,(H,28,38)(H3,29,30,31,32,33,34). The highest BCUT2D eigenvalue weighted by atomic mass is 16.2. The van der Waals surface area contributed by atoms with Crippen molar-refractivity contribution in [3.63, 3.8) is 0 Å². The first-order chi connectivity index (χ1) is 18.4. The molecule has 1 fully saturated rings. The van der Waals surface area contributed by atoms with Crippen molar-refractivity contribution in [3.8, 4) is 0 Å². The molecular formula is C27H29N9O2. The number of piperazine rings is 1. The maximum Gasteiger partial charge on any atom is 0.247 e. The number of rotatable bonds is 7. The number of aromatic nitrogens is 4. The Bertz CT molecular complexity index is 1490. The van der Waals surface area contributed by atoms with Crippen molar-refractivity contribution in [2.75, 3.05) is 47.0 Å². The molecule has 11 heteroatoms. The zero-order valence-electron chi connectivity index (χ0n) is 21.3. The number of hydrogen-bond donors (Lipinski definition) is 4. The lowest BCUT2D eigenvalue weighted by atomic mass is 10.2. The molecular weight excluding hydrogens is 482 g/mol. The number of nitrogens with one attached hydrogen (secondary N) is 4. The highest BCUT2D eigenvalue weighted by molar-refractivity contribution is 5.99. The summed E-state index contributed by atoms with van der Waals surface area (Å²) in [5.41, 5.74) is 4.67. The third-order valence-corrected chi connectivity index (χ3v) is 6.39. The van der Waals surface area contributed by atoms with Crippen molar-refractivity contribution < 1.29 is 9.59 Å². The molecule has 0 unspecified atom stereocenters. The van der Waals surface area contributed by atoms with Crippen LogP contribution in [0.4, 0.5) is 34.5 Å². The van der Waals surface area contributed by atoms with Gasteiger partial charge in [-0.2, -0.15) is 15.1 Å². The second kappa shape index (κ2) is 10.6. The van der Waals surface area contributed by atoms with Gasteiger partial charge in [0.25, 0.3) is 0 Å². The summed E-state index contributed by atoms with van der Waals surface area (Å²) in [6, 6.07) is 15.4. The van der Waals surface area contributed by atoms with Gasteiger partial charge < -0.3 is 25.8 Å². The summed E-state index contributed by atoms with van der Waals surface area (Å²) in [4.78, 5) is 36.7. The highest BCUT2D eigenvalue weighted by Gasteiger charge is 2.19. The van der Waals surface area contributed by atoms with Crippen molar-refractivity contribution >= 4 is 57.4 Å². The molecule has 4 aromatic rings. The van der Waals surface area contributed by atoms with E-state index in [0.717, 1.165) is 54.3 Å². The lowest BCUT2D eigenvalue weighted by molar-refractivity contribution is -0.129. The monoisotopic (exact) mass is 511 g/mol. The molecule has 0 spiro atoms. The Morgan fingerprint density at radius 1 is 0.974 bits per heavy atom. The van der Waals surface area contributed by atoms with Crippen LogP contribution in [0.5, 0.6) is 0 Å². The number of fused-ring (bicyclic) bond motifs is 1. The van der Waals surface area contributed by atoms with Crippen LogP contribution in [0, 0.1) is 6.92 Å². The van der Waals surface area contributed by atoms with Gasteiger partial charge in [-0.3, -0.25) is 14.7 Å². The molecule has 3 heterocycles. The molecule has 1 saturated heterocycles. The lowest BCUT2D eigenvalue weighted by Crippen LogP contribution is -2.48. The van der Waals surface area contributed by atoms with Crippen molar-refractivity contribution in [1.29, 1.82) is 0 Å². The molecule has 4 N–H and O–H groups in total. The number of H-pyrrole nitrogens is 1. The first-order valence-electron chi connectivity index (χ1n) is 12.3. The topological polar surface area (TPSA) is 131 Å². The molecule has 0 atom stereocenters. The Kier molecular flexibility index (Phi) is 6.90. The summed E-state index contributed by atoms with van der Waals surface area (Å²) < 4.78 is 0. The average molecular weight is 512 g/mol. The lowest BCUT2D eigenvalue weighted by Gasteiger charge is -2.35. The third kappa shape index (κ3) is 5.41. The van der Waals surface area contributed by atoms with E-state index in [1.165, 1.54) is 6.08 Å². The number of carbonyl (C=O) groups is 2. The van der Waals surface area contributed by atoms with E-state index in [2.05, 4.69) is 42.6 Å². The molecule has 1 aliphatic heterocycles. The summed E-state index contributed by atoms with van der Waals surface area (Å²) in [5.74, 6) is 0.809. The minimum absolute atomic E-state index is 0.120. The number of hydrogen-bond acceptors (Lipinski definition) is 8. The summed E-state index contributed by atoms with van der Waals surface area (Å²) in [7, 11) is 0. The Morgan fingerprint density at radius 3 is 2.42 bits per heavy atom. The number of aromatic amines is 1. The molecule has 0 bridgehead atoms. The summed E-state index contributed by atoms with van der Waals surface area (Å²) in [5, 5.41) is 17.4. The first kappa shape index (κ1) is 24.8. The van der Waals surface area contributed by atoms with Gasteiger partial charge in [0.1, 0.15) is 5.82 Å². The van der Waals surface area contributed by atoms with Crippen LogP contribution in [-0.4, -0.2) is 63.1 Å². The second-order valence-corrected chi connectivity index (χ2v) is 9.01. The van der Waals surface area contributed by atoms with Crippen molar-refractivity contribution in [3.05, 3.63) is 66.9 Å². The Hall–Kier alpha value is -4.93. The predicted octanol–water partition coefficient (Wildman–Crippen LogP) is 3.94. The Morgan fingerprint density at radius 2 is 1.71 bits per heavy atom. The molecule has 0 saturated carbocycles. The van der Waals surface area contributed by atoms with Gasteiger partial charge in [-0.05, 0) is 55.5 Å². The maximum atomic E-state index is 11.7. The fraction of sp³-hybridized carbons (Fsp3) is 0.222. The molecule has 2 amide bonds. The Balaban J connectivity index is 1.34. The van der Waals surface area contributed by atoms with Crippen LogP contribution in [0.3, 0.4) is 0 Å². The molecule has 194 valence electrons. The quantitative estimate of drug-likeness (QED) is 0.275. The minimum Gasteiger partial charge on any atom is -0.368 e. The van der Waals surface area contributed by atoms with E-state index in [4.69, 9.17) is 4.98 Å². The van der Waals surface area contributed by atoms with Gasteiger partial charge in [0.2, 0.25) is 17.8 Å². The van der Waals surface area contributed by atoms with E-state index >= 15 is 0 Å². The molecule has 0 radical (unpaired) electrons. The molecule has 2 aromatic heterocycles. The van der Waals surface area contributed by atoms with Crippen LogP contribution in [0.1, 0.15) is 12.6 Å². The van der Waals surface area contributed by atoms with Gasteiger partial charge >= 0.3 is 0 Å². The van der Waals surface area contributed by atoms with Crippen LogP contribution in [0.2, 0.25) is 0 Å². The van der Waals surface area contributed by atoms with E-state index < -0.39 is 0 Å². The second-order valence-electron chi connectivity index (χ2n) is 9.01. The van der Waals surface area contributed by atoms with E-state index in [-0.39, 0.29) is 11.8 Å². The maximum absolute atomic E-state index is 11.7. The molecule has 38 heavy (non-hydrogen) atoms. The number of carbonyl (C=O) groups excluding carboxylic acids is 2. The zero-order valence-corrected chi connectivity index (χ0v) is 21.3. The van der Waals surface area contributed by atoms with Crippen molar-refractivity contribution in [1.82, 2.24) is 25.1 Å². The normalized spacial score (nSPS) is 13.3. The van der Waals surface area contributed by atoms with E-state index in [1.807, 2.05) is 54.3 Å². The van der Waals surface area contributed by atoms with E-state index in [0.29, 0.717) is 23.1 Å². The first-order valence-corrected chi connectivity index (χ1v) is 12.3. The van der Waals surface area contributed by atoms with Gasteiger partial charge in [-0.15, -0.1) is 0 Å². The predicted molar refractivity (Wildman–Crippen MR) is 149 cm³/mol. The molecule has 0 aliphatic carbocycles. The summed E-state index contributed by atoms with van der Waals surface area (Å²) >= 11 is 0. The number of aryl methyl sites for hydroxylation is 1. The van der Waals surface area contributed by atoms with E-state index in [1.54, 1.807) is 13.0 Å². The summed E-state index contributed by atoms with van der Waals surface area (Å²) in [6.07, 6.45) is 1.22. The number of nitrogens with zero attached hydrogens (tertiary/aromatic N) is 5. The van der Waals surface area contributed by atoms with Gasteiger partial charge in [-0.1, -0.05) is 12.6 Å². The fourth-order valence-electron chi connectivity index (χ4n) is 4.38. The molecule has 2 aromatic carbocycles. The molecule has 1 aliphatic rings. The highest BCUT2D eigenvalue weighted by Crippen LogP contribution is 2.29.